The topological polar surface area (TPSA) is 46.8 Å². The summed E-state index contributed by atoms with van der Waals surface area (Å²) in [6.45, 7) is 1.47. The second kappa shape index (κ2) is 6.67. The Balaban J connectivity index is 0. The molecule has 0 aromatic heterocycles. The maximum absolute atomic E-state index is 9.48. The van der Waals surface area contributed by atoms with E-state index >= 15 is 0 Å². The summed E-state index contributed by atoms with van der Waals surface area (Å²) in [6.07, 6.45) is 0.528. The van der Waals surface area contributed by atoms with Gasteiger partial charge in [0.15, 0.2) is 0 Å². The molecule has 0 aromatic rings. The van der Waals surface area contributed by atoms with Crippen LogP contribution in [0.2, 0.25) is 0 Å². The Morgan fingerprint density at radius 1 is 1.86 bits per heavy atom. The summed E-state index contributed by atoms with van der Waals surface area (Å²) in [7, 11) is 0. The molecule has 3 heteroatoms. The normalized spacial score (nSPS) is 8.86. The fraction of sp³-hybridized carbons (Fsp3) is 0.250. The Labute approximate surface area is 85.3 Å². The van der Waals surface area contributed by atoms with Crippen LogP contribution in [0.15, 0.2) is 11.8 Å². The monoisotopic (exact) mass is 121 g/mol. The van der Waals surface area contributed by atoms with E-state index < -0.39 is 0 Å². The minimum Gasteiger partial charge on any atom is -0.877 e. The first-order valence-electron chi connectivity index (χ1n) is 1.50. The van der Waals surface area contributed by atoms with E-state index in [-0.39, 0.29) is 57.0 Å². The van der Waals surface area contributed by atoms with Gasteiger partial charge in [-0.2, -0.15) is 5.26 Å². The molecule has 0 N–H and O–H groups in total. The third kappa shape index (κ3) is 6.67. The molecule has 0 saturated carbocycles. The van der Waals surface area contributed by atoms with Crippen molar-refractivity contribution < 1.29 is 56.5 Å². The molecule has 0 saturated heterocycles. The first-order chi connectivity index (χ1) is 2.81. The molecule has 0 aliphatic heterocycles. The Morgan fingerprint density at radius 3 is 2.29 bits per heavy atom. The third-order valence-electron chi connectivity index (χ3n) is 0.353. The number of allylic oxidation sites excluding steroid dienone is 1. The fourth-order valence-electron chi connectivity index (χ4n) is 0.0264. The molecule has 0 unspecified atom stereocenters. The summed E-state index contributed by atoms with van der Waals surface area (Å²) in [4.78, 5) is 0. The van der Waals surface area contributed by atoms with Gasteiger partial charge in [0.25, 0.3) is 0 Å². The van der Waals surface area contributed by atoms with Crippen LogP contribution in [0, 0.1) is 11.3 Å². The first kappa shape index (κ1) is 10.6. The third-order valence-corrected chi connectivity index (χ3v) is 0.353. The molecular weight excluding hydrogens is 117 g/mol. The van der Waals surface area contributed by atoms with E-state index in [9.17, 15) is 5.11 Å². The molecule has 32 valence electrons. The van der Waals surface area contributed by atoms with Crippen molar-refractivity contribution in [2.45, 2.75) is 6.92 Å². The summed E-state index contributed by atoms with van der Waals surface area (Å²) in [5.41, 5.74) is 0.218. The van der Waals surface area contributed by atoms with Crippen molar-refractivity contribution in [3.05, 3.63) is 11.8 Å². The van der Waals surface area contributed by atoms with Gasteiger partial charge in [0.2, 0.25) is 0 Å². The molecule has 2 nitrogen and oxygen atoms in total. The number of rotatable bonds is 0. The molecule has 0 atom stereocenters. The summed E-state index contributed by atoms with van der Waals surface area (Å²) < 4.78 is 0. The van der Waals surface area contributed by atoms with Crippen LogP contribution in [0.1, 0.15) is 6.92 Å². The average molecular weight is 121 g/mol. The Bertz CT molecular complexity index is 103. The van der Waals surface area contributed by atoms with Gasteiger partial charge >= 0.3 is 51.4 Å². The Hall–Kier alpha value is 0.666. The second-order valence-corrected chi connectivity index (χ2v) is 0.913. The number of nitrogens with zero attached hydrogens (tertiary/aromatic N) is 1. The molecule has 0 aliphatic carbocycles. The number of hydrogen-bond donors (Lipinski definition) is 0. The molecule has 0 heterocycles. The first-order valence-corrected chi connectivity index (χ1v) is 1.50. The zero-order valence-corrected chi connectivity index (χ0v) is 7.56. The van der Waals surface area contributed by atoms with Crippen LogP contribution in [0.4, 0.5) is 0 Å². The summed E-state index contributed by atoms with van der Waals surface area (Å²) in [5.74, 6) is 0. The summed E-state index contributed by atoms with van der Waals surface area (Å²) in [6, 6.07) is 1.66. The Morgan fingerprint density at radius 2 is 2.29 bits per heavy atom. The van der Waals surface area contributed by atoms with Crippen molar-refractivity contribution in [1.82, 2.24) is 0 Å². The maximum atomic E-state index is 9.48. The van der Waals surface area contributed by atoms with Crippen LogP contribution < -0.4 is 56.5 Å². The van der Waals surface area contributed by atoms with Crippen LogP contribution in [-0.2, 0) is 0 Å². The van der Waals surface area contributed by atoms with E-state index in [1.807, 2.05) is 0 Å². The van der Waals surface area contributed by atoms with Crippen molar-refractivity contribution in [2.75, 3.05) is 0 Å². The van der Waals surface area contributed by atoms with Gasteiger partial charge in [-0.3, -0.25) is 0 Å². The molecule has 0 amide bonds. The predicted octanol–water partition coefficient (Wildman–Crippen LogP) is -3.22. The molecule has 0 spiro atoms. The minimum absolute atomic E-state index is 0. The number of nitriles is 1. The van der Waals surface area contributed by atoms with Gasteiger partial charge in [0, 0.05) is 5.57 Å². The van der Waals surface area contributed by atoms with Gasteiger partial charge in [0.05, 0.1) is 6.07 Å². The van der Waals surface area contributed by atoms with E-state index in [1.165, 1.54) is 6.92 Å². The van der Waals surface area contributed by atoms with Crippen LogP contribution in [0.3, 0.4) is 0 Å². The van der Waals surface area contributed by atoms with E-state index in [0.717, 1.165) is 0 Å². The Kier molecular flexibility index (Phi) is 10.1. The van der Waals surface area contributed by atoms with Crippen molar-refractivity contribution in [3.8, 4) is 6.07 Å². The van der Waals surface area contributed by atoms with Crippen molar-refractivity contribution in [3.63, 3.8) is 0 Å². The van der Waals surface area contributed by atoms with Crippen LogP contribution >= 0.6 is 0 Å². The predicted molar refractivity (Wildman–Crippen MR) is 19.4 cm³/mol. The van der Waals surface area contributed by atoms with E-state index in [4.69, 9.17) is 5.26 Å². The van der Waals surface area contributed by atoms with E-state index in [0.29, 0.717) is 6.26 Å². The van der Waals surface area contributed by atoms with Crippen LogP contribution in [-0.4, -0.2) is 0 Å². The number of hydrogen-bond acceptors (Lipinski definition) is 2. The molecular formula is C4H4KNO. The zero-order valence-electron chi connectivity index (χ0n) is 4.43. The van der Waals surface area contributed by atoms with Gasteiger partial charge in [-0.05, 0) is 6.92 Å². The molecule has 0 radical (unpaired) electrons. The smallest absolute Gasteiger partial charge is 0.877 e. The fourth-order valence-corrected chi connectivity index (χ4v) is 0.0264. The van der Waals surface area contributed by atoms with E-state index in [2.05, 4.69) is 0 Å². The quantitative estimate of drug-likeness (QED) is 0.192. The maximum Gasteiger partial charge on any atom is 1.00 e. The van der Waals surface area contributed by atoms with Crippen molar-refractivity contribution in [2.24, 2.45) is 0 Å². The summed E-state index contributed by atoms with van der Waals surface area (Å²) in [5, 5.41) is 17.3. The van der Waals surface area contributed by atoms with Gasteiger partial charge in [-0.15, -0.1) is 6.26 Å². The average Bonchev–Trinajstić information content (AvgIpc) is 1.65. The van der Waals surface area contributed by atoms with Crippen LogP contribution in [0.25, 0.3) is 0 Å². The molecule has 0 rings (SSSR count). The zero-order chi connectivity index (χ0) is 4.99. The summed E-state index contributed by atoms with van der Waals surface area (Å²) >= 11 is 0. The van der Waals surface area contributed by atoms with E-state index in [1.54, 1.807) is 6.07 Å². The standard InChI is InChI=1S/C4H5NO.K/c1-4(2-5)3-6;/h3,6H,1H3;/q;+1/p-1/b4-3+;. The van der Waals surface area contributed by atoms with Gasteiger partial charge < -0.3 is 5.11 Å². The second-order valence-electron chi connectivity index (χ2n) is 0.913. The molecule has 0 aromatic carbocycles. The van der Waals surface area contributed by atoms with Gasteiger partial charge in [0.1, 0.15) is 0 Å². The van der Waals surface area contributed by atoms with Crippen molar-refractivity contribution in [1.29, 1.82) is 5.26 Å². The minimum atomic E-state index is 0. The van der Waals surface area contributed by atoms with Crippen LogP contribution in [0.5, 0.6) is 0 Å². The van der Waals surface area contributed by atoms with Crippen molar-refractivity contribution >= 4 is 0 Å². The van der Waals surface area contributed by atoms with Gasteiger partial charge in [-0.1, -0.05) is 0 Å². The van der Waals surface area contributed by atoms with Gasteiger partial charge in [-0.25, -0.2) is 0 Å². The molecule has 0 fully saturated rings. The largest absolute Gasteiger partial charge is 1.00 e. The molecule has 0 bridgehead atoms. The molecule has 0 aliphatic rings. The molecule has 7 heavy (non-hydrogen) atoms. The SMILES string of the molecule is C/C(C#N)=C\[O-].[K+].